The highest BCUT2D eigenvalue weighted by molar-refractivity contribution is 7.15. The molecule has 0 fully saturated rings. The number of carboxylic acid groups (broad SMARTS) is 1. The number of carbonyl (C=O) groups is 1. The third-order valence-electron chi connectivity index (χ3n) is 4.12. The zero-order valence-corrected chi connectivity index (χ0v) is 17.0. The van der Waals surface area contributed by atoms with E-state index in [1.165, 1.54) is 11.3 Å². The topological polar surface area (TPSA) is 68.7 Å². The Morgan fingerprint density at radius 1 is 1.00 bits per heavy atom. The fourth-order valence-corrected chi connectivity index (χ4v) is 3.92. The van der Waals surface area contributed by atoms with E-state index in [9.17, 15) is 9.90 Å². The van der Waals surface area contributed by atoms with Crippen LogP contribution >= 0.6 is 11.3 Å². The molecule has 0 atom stereocenters. The molecule has 0 bridgehead atoms. The number of aryl methyl sites for hydroxylation is 1. The van der Waals surface area contributed by atoms with E-state index in [1.54, 1.807) is 0 Å². The second kappa shape index (κ2) is 8.89. The summed E-state index contributed by atoms with van der Waals surface area (Å²) in [5.41, 5.74) is 3.66. The molecule has 5 nitrogen and oxygen atoms in total. The van der Waals surface area contributed by atoms with Gasteiger partial charge < -0.3 is 14.6 Å². The third-order valence-corrected chi connectivity index (χ3v) is 5.23. The Kier molecular flexibility index (Phi) is 6.31. The van der Waals surface area contributed by atoms with Crippen molar-refractivity contribution in [2.75, 3.05) is 13.2 Å². The quantitative estimate of drug-likeness (QED) is 0.565. The zero-order chi connectivity index (χ0) is 20.1. The Morgan fingerprint density at radius 3 is 2.29 bits per heavy atom. The molecule has 6 heteroatoms. The normalized spacial score (nSPS) is 10.7. The number of aromatic nitrogens is 1. The lowest BCUT2D eigenvalue weighted by atomic mass is 10.1. The Balaban J connectivity index is 2.05. The van der Waals surface area contributed by atoms with Crippen molar-refractivity contribution in [2.24, 2.45) is 0 Å². The highest BCUT2D eigenvalue weighted by Gasteiger charge is 2.18. The number of thiazole rings is 1. The van der Waals surface area contributed by atoms with E-state index in [-0.39, 0.29) is 6.42 Å². The molecule has 1 N–H and O–H groups in total. The van der Waals surface area contributed by atoms with Gasteiger partial charge in [-0.25, -0.2) is 4.98 Å². The molecule has 0 spiro atoms. The molecule has 1 heterocycles. The van der Waals surface area contributed by atoms with E-state index < -0.39 is 5.97 Å². The monoisotopic (exact) mass is 397 g/mol. The van der Waals surface area contributed by atoms with Crippen molar-refractivity contribution < 1.29 is 19.4 Å². The van der Waals surface area contributed by atoms with Gasteiger partial charge in [-0.05, 0) is 39.0 Å². The molecule has 0 saturated heterocycles. The van der Waals surface area contributed by atoms with Gasteiger partial charge in [0.15, 0.2) is 11.5 Å². The van der Waals surface area contributed by atoms with E-state index in [0.29, 0.717) is 30.4 Å². The van der Waals surface area contributed by atoms with Gasteiger partial charge in [-0.3, -0.25) is 4.79 Å². The molecule has 0 unspecified atom stereocenters. The van der Waals surface area contributed by atoms with Gasteiger partial charge in [0, 0.05) is 16.0 Å². The van der Waals surface area contributed by atoms with Crippen LogP contribution in [-0.2, 0) is 11.2 Å². The van der Waals surface area contributed by atoms with Gasteiger partial charge in [-0.1, -0.05) is 29.8 Å². The second-order valence-corrected chi connectivity index (χ2v) is 7.34. The van der Waals surface area contributed by atoms with Crippen molar-refractivity contribution in [2.45, 2.75) is 27.2 Å². The predicted molar refractivity (Wildman–Crippen MR) is 111 cm³/mol. The second-order valence-electron chi connectivity index (χ2n) is 6.25. The Labute approximate surface area is 168 Å². The van der Waals surface area contributed by atoms with Gasteiger partial charge in [0.2, 0.25) is 0 Å². The number of hydrogen-bond donors (Lipinski definition) is 1. The number of ether oxygens (including phenoxy) is 2. The number of carboxylic acids is 1. The van der Waals surface area contributed by atoms with Crippen LogP contribution in [0.15, 0.2) is 42.5 Å². The van der Waals surface area contributed by atoms with E-state index in [4.69, 9.17) is 14.5 Å². The van der Waals surface area contributed by atoms with Crippen molar-refractivity contribution in [3.63, 3.8) is 0 Å². The van der Waals surface area contributed by atoms with Gasteiger partial charge in [0.25, 0.3) is 0 Å². The van der Waals surface area contributed by atoms with Crippen molar-refractivity contribution >= 4 is 17.3 Å². The SMILES string of the molecule is CCOc1ccc(-c2nc(-c3ccc(C)cc3)c(CC(=O)O)s2)cc1OCC. The van der Waals surface area contributed by atoms with Crippen molar-refractivity contribution in [1.29, 1.82) is 0 Å². The van der Waals surface area contributed by atoms with E-state index in [2.05, 4.69) is 0 Å². The third kappa shape index (κ3) is 4.51. The van der Waals surface area contributed by atoms with Crippen LogP contribution in [0.2, 0.25) is 0 Å². The van der Waals surface area contributed by atoms with Crippen LogP contribution in [0.25, 0.3) is 21.8 Å². The van der Waals surface area contributed by atoms with Crippen molar-refractivity contribution in [1.82, 2.24) is 4.98 Å². The summed E-state index contributed by atoms with van der Waals surface area (Å²) in [6, 6.07) is 13.7. The lowest BCUT2D eigenvalue weighted by molar-refractivity contribution is -0.136. The van der Waals surface area contributed by atoms with Crippen LogP contribution in [0.5, 0.6) is 11.5 Å². The van der Waals surface area contributed by atoms with Gasteiger partial charge in [-0.15, -0.1) is 11.3 Å². The van der Waals surface area contributed by atoms with Crippen LogP contribution < -0.4 is 9.47 Å². The van der Waals surface area contributed by atoms with Crippen LogP contribution in [0, 0.1) is 6.92 Å². The van der Waals surface area contributed by atoms with Crippen molar-refractivity contribution in [3.8, 4) is 33.3 Å². The van der Waals surface area contributed by atoms with Gasteiger partial charge in [0.05, 0.1) is 25.3 Å². The highest BCUT2D eigenvalue weighted by Crippen LogP contribution is 2.38. The van der Waals surface area contributed by atoms with Crippen molar-refractivity contribution in [3.05, 3.63) is 52.9 Å². The Hall–Kier alpha value is -2.86. The number of nitrogens with zero attached hydrogens (tertiary/aromatic N) is 1. The molecule has 0 aliphatic heterocycles. The summed E-state index contributed by atoms with van der Waals surface area (Å²) in [7, 11) is 0. The first-order chi connectivity index (χ1) is 13.5. The fraction of sp³-hybridized carbons (Fsp3) is 0.273. The minimum atomic E-state index is -0.870. The van der Waals surface area contributed by atoms with Gasteiger partial charge >= 0.3 is 5.97 Å². The minimum absolute atomic E-state index is 0.0593. The summed E-state index contributed by atoms with van der Waals surface area (Å²) in [4.78, 5) is 16.9. The first kappa shape index (κ1) is 19.9. The molecule has 0 aliphatic rings. The van der Waals surface area contributed by atoms with Crippen LogP contribution in [0.1, 0.15) is 24.3 Å². The summed E-state index contributed by atoms with van der Waals surface area (Å²) in [5.74, 6) is 0.480. The van der Waals surface area contributed by atoms with Gasteiger partial charge in [-0.2, -0.15) is 0 Å². The number of rotatable bonds is 8. The predicted octanol–water partition coefficient (Wildman–Crippen LogP) is 5.21. The maximum atomic E-state index is 11.4. The first-order valence-electron chi connectivity index (χ1n) is 9.20. The summed E-state index contributed by atoms with van der Waals surface area (Å²) in [5, 5.41) is 10.1. The molecule has 0 aliphatic carbocycles. The maximum absolute atomic E-state index is 11.4. The first-order valence-corrected chi connectivity index (χ1v) is 10.0. The number of aliphatic carboxylic acids is 1. The summed E-state index contributed by atoms with van der Waals surface area (Å²) < 4.78 is 11.3. The lowest BCUT2D eigenvalue weighted by Crippen LogP contribution is -1.99. The fourth-order valence-electron chi connectivity index (χ4n) is 2.85. The Morgan fingerprint density at radius 2 is 1.64 bits per heavy atom. The van der Waals surface area contributed by atoms with E-state index in [1.807, 2.05) is 63.2 Å². The lowest BCUT2D eigenvalue weighted by Gasteiger charge is -2.11. The molecule has 1 aromatic heterocycles. The number of hydrogen-bond acceptors (Lipinski definition) is 5. The molecule has 3 aromatic rings. The number of benzene rings is 2. The molecule has 28 heavy (non-hydrogen) atoms. The molecule has 3 rings (SSSR count). The molecule has 0 amide bonds. The molecular formula is C22H23NO4S. The maximum Gasteiger partial charge on any atom is 0.308 e. The smallest absolute Gasteiger partial charge is 0.308 e. The molecule has 0 radical (unpaired) electrons. The molecule has 2 aromatic carbocycles. The molecular weight excluding hydrogens is 374 g/mol. The van der Waals surface area contributed by atoms with Gasteiger partial charge in [0.1, 0.15) is 5.01 Å². The molecule has 0 saturated carbocycles. The standard InChI is InChI=1S/C22H23NO4S/c1-4-26-17-11-10-16(12-18(17)27-5-2)22-23-21(19(28-22)13-20(24)25)15-8-6-14(3)7-9-15/h6-12H,4-5,13H2,1-3H3,(H,24,25). The highest BCUT2D eigenvalue weighted by atomic mass is 32.1. The summed E-state index contributed by atoms with van der Waals surface area (Å²) in [6.45, 7) is 6.95. The van der Waals surface area contributed by atoms with E-state index in [0.717, 1.165) is 26.6 Å². The van der Waals surface area contributed by atoms with Crippen LogP contribution in [-0.4, -0.2) is 29.3 Å². The summed E-state index contributed by atoms with van der Waals surface area (Å²) >= 11 is 1.40. The zero-order valence-electron chi connectivity index (χ0n) is 16.2. The average Bonchev–Trinajstić information content (AvgIpc) is 3.07. The molecule has 146 valence electrons. The largest absolute Gasteiger partial charge is 0.490 e. The minimum Gasteiger partial charge on any atom is -0.490 e. The summed E-state index contributed by atoms with van der Waals surface area (Å²) in [6.07, 6.45) is -0.0593. The average molecular weight is 397 g/mol. The van der Waals surface area contributed by atoms with E-state index >= 15 is 0 Å². The Bertz CT molecular complexity index is 963. The van der Waals surface area contributed by atoms with Crippen LogP contribution in [0.4, 0.5) is 0 Å². The van der Waals surface area contributed by atoms with Crippen LogP contribution in [0.3, 0.4) is 0 Å².